The molecule has 0 saturated carbocycles. The van der Waals surface area contributed by atoms with Crippen molar-refractivity contribution in [3.05, 3.63) is 0 Å². The van der Waals surface area contributed by atoms with Gasteiger partial charge in [-0.1, -0.05) is 13.8 Å². The molecule has 1 fully saturated rings. The minimum Gasteiger partial charge on any atom is -0.480 e. The van der Waals surface area contributed by atoms with E-state index >= 15 is 0 Å². The summed E-state index contributed by atoms with van der Waals surface area (Å²) in [7, 11) is 0. The second kappa shape index (κ2) is 7.03. The standard InChI is InChI=1S/C14H22N2O3/c1-4-6-11(5-2)15-14(19)16-8-7-10(3)9-12(16)13(17)18/h1,10-12H,5-9H2,2-3H3,(H,15,19)(H,17,18). The lowest BCUT2D eigenvalue weighted by molar-refractivity contribution is -0.143. The third-order valence-corrected chi connectivity index (χ3v) is 3.60. The molecule has 5 heteroatoms. The summed E-state index contributed by atoms with van der Waals surface area (Å²) < 4.78 is 0. The number of carbonyl (C=O) groups is 2. The van der Waals surface area contributed by atoms with Crippen LogP contribution in [0.3, 0.4) is 0 Å². The fourth-order valence-electron chi connectivity index (χ4n) is 2.32. The van der Waals surface area contributed by atoms with Gasteiger partial charge in [-0.25, -0.2) is 9.59 Å². The van der Waals surface area contributed by atoms with E-state index in [1.807, 2.05) is 13.8 Å². The van der Waals surface area contributed by atoms with Crippen molar-refractivity contribution in [3.63, 3.8) is 0 Å². The summed E-state index contributed by atoms with van der Waals surface area (Å²) in [5.41, 5.74) is 0. The number of terminal acetylenes is 1. The van der Waals surface area contributed by atoms with Crippen molar-refractivity contribution in [2.24, 2.45) is 5.92 Å². The predicted octanol–water partition coefficient (Wildman–Crippen LogP) is 1.68. The van der Waals surface area contributed by atoms with E-state index in [9.17, 15) is 14.7 Å². The molecule has 1 rings (SSSR count). The van der Waals surface area contributed by atoms with Crippen LogP contribution >= 0.6 is 0 Å². The summed E-state index contributed by atoms with van der Waals surface area (Å²) in [5.74, 6) is 1.91. The maximum Gasteiger partial charge on any atom is 0.326 e. The predicted molar refractivity (Wildman–Crippen MR) is 72.6 cm³/mol. The van der Waals surface area contributed by atoms with E-state index in [4.69, 9.17) is 6.42 Å². The van der Waals surface area contributed by atoms with E-state index in [0.29, 0.717) is 25.3 Å². The number of carboxylic acids is 1. The van der Waals surface area contributed by atoms with Crippen LogP contribution < -0.4 is 5.32 Å². The van der Waals surface area contributed by atoms with Gasteiger partial charge in [-0.05, 0) is 25.2 Å². The molecule has 2 N–H and O–H groups in total. The molecular formula is C14H22N2O3. The van der Waals surface area contributed by atoms with Crippen molar-refractivity contribution in [1.29, 1.82) is 0 Å². The lowest BCUT2D eigenvalue weighted by Gasteiger charge is -2.36. The Morgan fingerprint density at radius 1 is 1.58 bits per heavy atom. The van der Waals surface area contributed by atoms with Crippen LogP contribution in [0.2, 0.25) is 0 Å². The number of piperidine rings is 1. The first-order valence-electron chi connectivity index (χ1n) is 6.73. The van der Waals surface area contributed by atoms with Crippen LogP contribution in [0.1, 0.15) is 39.5 Å². The van der Waals surface area contributed by atoms with Gasteiger partial charge in [0.15, 0.2) is 0 Å². The third-order valence-electron chi connectivity index (χ3n) is 3.60. The van der Waals surface area contributed by atoms with Gasteiger partial charge in [0, 0.05) is 19.0 Å². The maximum absolute atomic E-state index is 12.1. The molecule has 3 unspecified atom stereocenters. The average Bonchev–Trinajstić information content (AvgIpc) is 2.37. The highest BCUT2D eigenvalue weighted by Gasteiger charge is 2.35. The molecule has 1 heterocycles. The summed E-state index contributed by atoms with van der Waals surface area (Å²) in [6, 6.07) is -1.14. The Bertz CT molecular complexity index is 375. The van der Waals surface area contributed by atoms with Gasteiger partial charge < -0.3 is 15.3 Å². The molecule has 0 radical (unpaired) electrons. The van der Waals surface area contributed by atoms with Crippen LogP contribution in [0, 0.1) is 18.3 Å². The molecule has 2 amide bonds. The minimum atomic E-state index is -0.938. The van der Waals surface area contributed by atoms with Crippen molar-refractivity contribution >= 4 is 12.0 Å². The van der Waals surface area contributed by atoms with Gasteiger partial charge in [-0.3, -0.25) is 0 Å². The first-order chi connectivity index (χ1) is 8.99. The Morgan fingerprint density at radius 2 is 2.26 bits per heavy atom. The zero-order valence-corrected chi connectivity index (χ0v) is 11.6. The lowest BCUT2D eigenvalue weighted by Crippen LogP contribution is -2.54. The summed E-state index contributed by atoms with van der Waals surface area (Å²) >= 11 is 0. The molecule has 0 aromatic carbocycles. The van der Waals surface area contributed by atoms with Crippen LogP contribution in [-0.4, -0.2) is 40.6 Å². The van der Waals surface area contributed by atoms with Crippen LogP contribution in [0.5, 0.6) is 0 Å². The molecule has 1 saturated heterocycles. The summed E-state index contributed by atoms with van der Waals surface area (Å²) in [6.45, 7) is 4.43. The molecule has 0 spiro atoms. The molecule has 3 atom stereocenters. The highest BCUT2D eigenvalue weighted by atomic mass is 16.4. The molecule has 1 aliphatic heterocycles. The average molecular weight is 266 g/mol. The normalized spacial score (nSPS) is 24.4. The van der Waals surface area contributed by atoms with E-state index in [1.165, 1.54) is 4.90 Å². The number of hydrogen-bond donors (Lipinski definition) is 2. The smallest absolute Gasteiger partial charge is 0.326 e. The number of nitrogens with zero attached hydrogens (tertiary/aromatic N) is 1. The molecule has 0 aromatic heterocycles. The van der Waals surface area contributed by atoms with Crippen LogP contribution in [-0.2, 0) is 4.79 Å². The first kappa shape index (κ1) is 15.4. The van der Waals surface area contributed by atoms with Gasteiger partial charge in [-0.2, -0.15) is 0 Å². The monoisotopic (exact) mass is 266 g/mol. The minimum absolute atomic E-state index is 0.0914. The van der Waals surface area contributed by atoms with Gasteiger partial charge in [0.2, 0.25) is 0 Å². The Kier molecular flexibility index (Phi) is 5.68. The van der Waals surface area contributed by atoms with Crippen LogP contribution in [0.15, 0.2) is 0 Å². The topological polar surface area (TPSA) is 69.6 Å². The second-order valence-corrected chi connectivity index (χ2v) is 5.14. The van der Waals surface area contributed by atoms with Gasteiger partial charge in [0.05, 0.1) is 0 Å². The van der Waals surface area contributed by atoms with Crippen molar-refractivity contribution in [2.45, 2.75) is 51.6 Å². The SMILES string of the molecule is C#CCC(CC)NC(=O)N1CCC(C)CC1C(=O)O. The Labute approximate surface area is 114 Å². The molecule has 106 valence electrons. The Morgan fingerprint density at radius 3 is 2.79 bits per heavy atom. The molecule has 0 aliphatic carbocycles. The van der Waals surface area contributed by atoms with Crippen molar-refractivity contribution in [3.8, 4) is 12.3 Å². The number of nitrogens with one attached hydrogen (secondary N) is 1. The van der Waals surface area contributed by atoms with E-state index in [2.05, 4.69) is 11.2 Å². The number of carboxylic acid groups (broad SMARTS) is 1. The van der Waals surface area contributed by atoms with Crippen molar-refractivity contribution in [2.75, 3.05) is 6.54 Å². The molecule has 19 heavy (non-hydrogen) atoms. The molecule has 0 bridgehead atoms. The summed E-state index contributed by atoms with van der Waals surface area (Å²) in [5, 5.41) is 12.0. The maximum atomic E-state index is 12.1. The van der Waals surface area contributed by atoms with E-state index < -0.39 is 12.0 Å². The molecule has 5 nitrogen and oxygen atoms in total. The fourth-order valence-corrected chi connectivity index (χ4v) is 2.32. The number of hydrogen-bond acceptors (Lipinski definition) is 2. The van der Waals surface area contributed by atoms with Gasteiger partial charge in [-0.15, -0.1) is 12.3 Å². The van der Waals surface area contributed by atoms with Gasteiger partial charge >= 0.3 is 12.0 Å². The Hall–Kier alpha value is -1.70. The second-order valence-electron chi connectivity index (χ2n) is 5.14. The highest BCUT2D eigenvalue weighted by Crippen LogP contribution is 2.22. The van der Waals surface area contributed by atoms with E-state index in [-0.39, 0.29) is 12.1 Å². The zero-order chi connectivity index (χ0) is 14.4. The van der Waals surface area contributed by atoms with Crippen LogP contribution in [0.25, 0.3) is 0 Å². The largest absolute Gasteiger partial charge is 0.480 e. The van der Waals surface area contributed by atoms with Gasteiger partial charge in [0.25, 0.3) is 0 Å². The highest BCUT2D eigenvalue weighted by molar-refractivity contribution is 5.83. The molecular weight excluding hydrogens is 244 g/mol. The van der Waals surface area contributed by atoms with Crippen molar-refractivity contribution in [1.82, 2.24) is 10.2 Å². The number of aliphatic carboxylic acids is 1. The number of likely N-dealkylation sites (tertiary alicyclic amines) is 1. The number of urea groups is 1. The number of carbonyl (C=O) groups excluding carboxylic acids is 1. The first-order valence-corrected chi connectivity index (χ1v) is 6.73. The Balaban J connectivity index is 2.68. The zero-order valence-electron chi connectivity index (χ0n) is 11.6. The van der Waals surface area contributed by atoms with E-state index in [0.717, 1.165) is 12.8 Å². The fraction of sp³-hybridized carbons (Fsp3) is 0.714. The molecule has 0 aromatic rings. The number of amides is 2. The van der Waals surface area contributed by atoms with Gasteiger partial charge in [0.1, 0.15) is 6.04 Å². The lowest BCUT2D eigenvalue weighted by atomic mass is 9.92. The number of rotatable bonds is 4. The van der Waals surface area contributed by atoms with Crippen LogP contribution in [0.4, 0.5) is 4.79 Å². The quantitative estimate of drug-likeness (QED) is 0.761. The third kappa shape index (κ3) is 4.16. The van der Waals surface area contributed by atoms with Crippen molar-refractivity contribution < 1.29 is 14.7 Å². The summed E-state index contributed by atoms with van der Waals surface area (Å²) in [6.07, 6.45) is 7.79. The molecule has 1 aliphatic rings. The summed E-state index contributed by atoms with van der Waals surface area (Å²) in [4.78, 5) is 24.8. The van der Waals surface area contributed by atoms with E-state index in [1.54, 1.807) is 0 Å².